The molecule has 7 heteroatoms. The Morgan fingerprint density at radius 3 is 2.55 bits per heavy atom. The topological polar surface area (TPSA) is 110 Å². The van der Waals surface area contributed by atoms with Gasteiger partial charge in [-0.2, -0.15) is 10.2 Å². The molecular formula is C22H16N6O. The van der Waals surface area contributed by atoms with Gasteiger partial charge in [-0.1, -0.05) is 42.5 Å². The minimum Gasteiger partial charge on any atom is -0.455 e. The molecule has 0 saturated carbocycles. The molecule has 140 valence electrons. The Morgan fingerprint density at radius 2 is 1.72 bits per heavy atom. The zero-order chi connectivity index (χ0) is 20.1. The first-order valence-electron chi connectivity index (χ1n) is 8.81. The molecule has 0 fully saturated rings. The normalized spacial score (nSPS) is 10.2. The van der Waals surface area contributed by atoms with E-state index in [4.69, 9.17) is 15.7 Å². The summed E-state index contributed by atoms with van der Waals surface area (Å²) in [5, 5.41) is 12.3. The molecule has 3 N–H and O–H groups in total. The Bertz CT molecular complexity index is 1190. The van der Waals surface area contributed by atoms with Gasteiger partial charge < -0.3 is 15.8 Å². The van der Waals surface area contributed by atoms with Crippen LogP contribution < -0.4 is 15.8 Å². The zero-order valence-corrected chi connectivity index (χ0v) is 15.3. The van der Waals surface area contributed by atoms with Gasteiger partial charge in [0.1, 0.15) is 23.3 Å². The van der Waals surface area contributed by atoms with Crippen LogP contribution in [0.15, 0.2) is 79.0 Å². The number of nitrogens with zero attached hydrogens (tertiary/aromatic N) is 4. The predicted molar refractivity (Wildman–Crippen MR) is 111 cm³/mol. The summed E-state index contributed by atoms with van der Waals surface area (Å²) in [7, 11) is 0. The van der Waals surface area contributed by atoms with Gasteiger partial charge in [-0.15, -0.1) is 0 Å². The number of hydrogen-bond acceptors (Lipinski definition) is 7. The first-order valence-corrected chi connectivity index (χ1v) is 8.81. The molecule has 0 aliphatic rings. The molecule has 0 radical (unpaired) electrons. The quantitative estimate of drug-likeness (QED) is 0.523. The second-order valence-electron chi connectivity index (χ2n) is 6.07. The van der Waals surface area contributed by atoms with Crippen LogP contribution in [0, 0.1) is 11.3 Å². The van der Waals surface area contributed by atoms with Gasteiger partial charge in [0.2, 0.25) is 5.95 Å². The van der Waals surface area contributed by atoms with Crippen molar-refractivity contribution in [3.8, 4) is 28.8 Å². The van der Waals surface area contributed by atoms with E-state index >= 15 is 0 Å². The van der Waals surface area contributed by atoms with Crippen molar-refractivity contribution in [3.63, 3.8) is 0 Å². The van der Waals surface area contributed by atoms with Crippen LogP contribution in [0.3, 0.4) is 0 Å². The molecule has 0 saturated heterocycles. The largest absolute Gasteiger partial charge is 0.455 e. The number of anilines is 3. The molecule has 2 aromatic carbocycles. The van der Waals surface area contributed by atoms with E-state index in [1.165, 1.54) is 6.20 Å². The van der Waals surface area contributed by atoms with Gasteiger partial charge in [-0.3, -0.25) is 0 Å². The lowest BCUT2D eigenvalue weighted by Gasteiger charge is -2.13. The number of ether oxygens (including phenoxy) is 1. The highest BCUT2D eigenvalue weighted by atomic mass is 16.5. The van der Waals surface area contributed by atoms with E-state index in [0.717, 1.165) is 5.56 Å². The average molecular weight is 380 g/mol. The van der Waals surface area contributed by atoms with Crippen LogP contribution in [-0.2, 0) is 0 Å². The summed E-state index contributed by atoms with van der Waals surface area (Å²) >= 11 is 0. The van der Waals surface area contributed by atoms with Crippen molar-refractivity contribution in [3.05, 3.63) is 84.7 Å². The number of benzene rings is 2. The molecule has 0 aliphatic carbocycles. The van der Waals surface area contributed by atoms with Gasteiger partial charge in [-0.05, 0) is 18.2 Å². The average Bonchev–Trinajstić information content (AvgIpc) is 2.75. The Balaban J connectivity index is 1.64. The van der Waals surface area contributed by atoms with Crippen LogP contribution in [0.4, 0.5) is 17.5 Å². The first kappa shape index (κ1) is 17.9. The van der Waals surface area contributed by atoms with Crippen LogP contribution >= 0.6 is 0 Å². The minimum atomic E-state index is 0.167. The fourth-order valence-corrected chi connectivity index (χ4v) is 2.75. The van der Waals surface area contributed by atoms with Crippen LogP contribution in [0.2, 0.25) is 0 Å². The fraction of sp³-hybridized carbons (Fsp3) is 0. The number of nitrogens with one attached hydrogen (secondary N) is 1. The first-order chi connectivity index (χ1) is 14.2. The maximum absolute atomic E-state index is 9.02. The minimum absolute atomic E-state index is 0.167. The molecule has 0 unspecified atom stereocenters. The maximum Gasteiger partial charge on any atom is 0.222 e. The number of hydrogen-bond donors (Lipinski definition) is 2. The van der Waals surface area contributed by atoms with Crippen molar-refractivity contribution in [1.29, 1.82) is 5.26 Å². The van der Waals surface area contributed by atoms with Gasteiger partial charge in [0.15, 0.2) is 5.75 Å². The number of nitriles is 1. The van der Waals surface area contributed by atoms with E-state index in [2.05, 4.69) is 20.3 Å². The second-order valence-corrected chi connectivity index (χ2v) is 6.07. The monoisotopic (exact) mass is 380 g/mol. The summed E-state index contributed by atoms with van der Waals surface area (Å²) in [6, 6.07) is 24.2. The number of nitrogen functional groups attached to an aromatic ring is 1. The summed E-state index contributed by atoms with van der Waals surface area (Å²) in [5.41, 5.74) is 8.54. The van der Waals surface area contributed by atoms with E-state index in [1.807, 2.05) is 66.7 Å². The smallest absolute Gasteiger partial charge is 0.222 e. The SMILES string of the molecule is N#Cc1cc(Oc2ccccc2Nc2cc(-c3ccccc3)nc(N)n2)ccn1. The molecule has 0 bridgehead atoms. The molecule has 4 aromatic rings. The van der Waals surface area contributed by atoms with Crippen LogP contribution in [-0.4, -0.2) is 15.0 Å². The predicted octanol–water partition coefficient (Wildman–Crippen LogP) is 4.53. The molecule has 29 heavy (non-hydrogen) atoms. The highest BCUT2D eigenvalue weighted by molar-refractivity contribution is 5.70. The van der Waals surface area contributed by atoms with Gasteiger partial charge in [0, 0.05) is 23.9 Å². The van der Waals surface area contributed by atoms with E-state index in [1.54, 1.807) is 12.1 Å². The van der Waals surface area contributed by atoms with E-state index in [-0.39, 0.29) is 11.6 Å². The fourth-order valence-electron chi connectivity index (χ4n) is 2.75. The van der Waals surface area contributed by atoms with Gasteiger partial charge in [0.25, 0.3) is 0 Å². The zero-order valence-electron chi connectivity index (χ0n) is 15.3. The van der Waals surface area contributed by atoms with Crippen LogP contribution in [0.5, 0.6) is 11.5 Å². The second kappa shape index (κ2) is 8.06. The third-order valence-electron chi connectivity index (χ3n) is 4.04. The Labute approximate surface area is 167 Å². The third kappa shape index (κ3) is 4.28. The van der Waals surface area contributed by atoms with E-state index in [0.29, 0.717) is 28.7 Å². The lowest BCUT2D eigenvalue weighted by Crippen LogP contribution is -2.02. The molecule has 2 aromatic heterocycles. The lowest BCUT2D eigenvalue weighted by molar-refractivity contribution is 0.484. The van der Waals surface area contributed by atoms with Crippen molar-refractivity contribution in [2.24, 2.45) is 0 Å². The van der Waals surface area contributed by atoms with Gasteiger partial charge >= 0.3 is 0 Å². The summed E-state index contributed by atoms with van der Waals surface area (Å²) < 4.78 is 5.94. The number of para-hydroxylation sites is 2. The Morgan fingerprint density at radius 1 is 0.931 bits per heavy atom. The molecule has 2 heterocycles. The number of nitrogens with two attached hydrogens (primary N) is 1. The van der Waals surface area contributed by atoms with E-state index in [9.17, 15) is 0 Å². The molecule has 7 nitrogen and oxygen atoms in total. The molecule has 0 aliphatic heterocycles. The Hall–Kier alpha value is -4.44. The van der Waals surface area contributed by atoms with Crippen molar-refractivity contribution in [2.75, 3.05) is 11.1 Å². The van der Waals surface area contributed by atoms with Crippen LogP contribution in [0.25, 0.3) is 11.3 Å². The standard InChI is InChI=1S/C22H16N6O/c23-14-16-12-17(10-11-25-16)29-20-9-5-4-8-18(20)26-21-13-19(27-22(24)28-21)15-6-2-1-3-7-15/h1-13H,(H3,24,26,27,28). The third-order valence-corrected chi connectivity index (χ3v) is 4.04. The molecule has 4 rings (SSSR count). The Kier molecular flexibility index (Phi) is 4.99. The van der Waals surface area contributed by atoms with Gasteiger partial charge in [-0.25, -0.2) is 9.97 Å². The molecule has 0 atom stereocenters. The molecule has 0 amide bonds. The summed E-state index contributed by atoms with van der Waals surface area (Å²) in [6.07, 6.45) is 1.53. The van der Waals surface area contributed by atoms with E-state index < -0.39 is 0 Å². The molecule has 0 spiro atoms. The highest BCUT2D eigenvalue weighted by Crippen LogP contribution is 2.32. The van der Waals surface area contributed by atoms with Crippen molar-refractivity contribution in [1.82, 2.24) is 15.0 Å². The summed E-state index contributed by atoms with van der Waals surface area (Å²) in [6.45, 7) is 0. The number of pyridine rings is 1. The van der Waals surface area contributed by atoms with Crippen molar-refractivity contribution < 1.29 is 4.74 Å². The summed E-state index contributed by atoms with van der Waals surface area (Å²) in [4.78, 5) is 12.5. The lowest BCUT2D eigenvalue weighted by atomic mass is 10.1. The summed E-state index contributed by atoms with van der Waals surface area (Å²) in [5.74, 6) is 1.79. The van der Waals surface area contributed by atoms with Gasteiger partial charge in [0.05, 0.1) is 11.4 Å². The van der Waals surface area contributed by atoms with Crippen LogP contribution in [0.1, 0.15) is 5.69 Å². The molecular weight excluding hydrogens is 364 g/mol. The maximum atomic E-state index is 9.02. The van der Waals surface area contributed by atoms with Crippen molar-refractivity contribution >= 4 is 17.5 Å². The van der Waals surface area contributed by atoms with Crippen molar-refractivity contribution in [2.45, 2.75) is 0 Å². The number of rotatable bonds is 5. The number of aromatic nitrogens is 3. The highest BCUT2D eigenvalue weighted by Gasteiger charge is 2.09.